The molecular weight excluding hydrogens is 464 g/mol. The quantitative estimate of drug-likeness (QED) is 0.653. The number of halogens is 5. The number of hydrogen-bond donors (Lipinski definition) is 1. The van der Waals surface area contributed by atoms with Crippen molar-refractivity contribution in [3.63, 3.8) is 0 Å². The van der Waals surface area contributed by atoms with Crippen molar-refractivity contribution in [2.75, 3.05) is 13.1 Å². The molecule has 0 aromatic heterocycles. The lowest BCUT2D eigenvalue weighted by atomic mass is 10.0. The Morgan fingerprint density at radius 2 is 1.87 bits per heavy atom. The first-order valence-electron chi connectivity index (χ1n) is 8.90. The van der Waals surface area contributed by atoms with Crippen molar-refractivity contribution in [2.24, 2.45) is 0 Å². The Bertz CT molecular complexity index is 1060. The molecule has 0 bridgehead atoms. The van der Waals surface area contributed by atoms with Crippen LogP contribution in [0.2, 0.25) is 10.0 Å². The first-order chi connectivity index (χ1) is 14.0. The van der Waals surface area contributed by atoms with E-state index in [1.54, 1.807) is 0 Å². The van der Waals surface area contributed by atoms with E-state index in [4.69, 9.17) is 23.2 Å². The lowest BCUT2D eigenvalue weighted by Crippen LogP contribution is -2.38. The zero-order valence-electron chi connectivity index (χ0n) is 15.4. The van der Waals surface area contributed by atoms with Crippen LogP contribution in [-0.4, -0.2) is 32.3 Å². The van der Waals surface area contributed by atoms with E-state index < -0.39 is 27.8 Å². The molecule has 1 amide bonds. The Balaban J connectivity index is 1.99. The highest BCUT2D eigenvalue weighted by Crippen LogP contribution is 2.32. The predicted octanol–water partition coefficient (Wildman–Crippen LogP) is 4.65. The molecule has 5 nitrogen and oxygen atoms in total. The van der Waals surface area contributed by atoms with Gasteiger partial charge in [-0.1, -0.05) is 35.3 Å². The Kier molecular flexibility index (Phi) is 6.66. The largest absolute Gasteiger partial charge is 0.416 e. The predicted molar refractivity (Wildman–Crippen MR) is 107 cm³/mol. The highest BCUT2D eigenvalue weighted by atomic mass is 35.5. The van der Waals surface area contributed by atoms with Gasteiger partial charge in [0.15, 0.2) is 0 Å². The fourth-order valence-corrected chi connectivity index (χ4v) is 5.17. The molecule has 2 aromatic carbocycles. The normalized spacial score (nSPS) is 16.2. The molecule has 2 aromatic rings. The number of sulfonamides is 1. The molecule has 1 unspecified atom stereocenters. The maximum atomic E-state index is 13.2. The summed E-state index contributed by atoms with van der Waals surface area (Å²) in [6.45, 7) is 0.283. The van der Waals surface area contributed by atoms with Gasteiger partial charge in [-0.3, -0.25) is 4.79 Å². The van der Waals surface area contributed by atoms with Crippen molar-refractivity contribution in [1.29, 1.82) is 0 Å². The third-order valence-corrected chi connectivity index (χ3v) is 6.86. The van der Waals surface area contributed by atoms with E-state index in [0.717, 1.165) is 18.2 Å². The minimum absolute atomic E-state index is 0.0752. The van der Waals surface area contributed by atoms with Gasteiger partial charge < -0.3 is 4.90 Å². The summed E-state index contributed by atoms with van der Waals surface area (Å²) in [5.74, 6) is -0.188. The third-order valence-electron chi connectivity index (χ3n) is 4.67. The van der Waals surface area contributed by atoms with Crippen LogP contribution in [-0.2, 0) is 21.0 Å². The molecule has 1 aliphatic rings. The summed E-state index contributed by atoms with van der Waals surface area (Å²) in [4.78, 5) is 13.2. The van der Waals surface area contributed by atoms with E-state index in [0.29, 0.717) is 19.4 Å². The molecule has 11 heteroatoms. The van der Waals surface area contributed by atoms with Crippen molar-refractivity contribution < 1.29 is 26.4 Å². The molecule has 3 rings (SSSR count). The molecule has 1 fully saturated rings. The summed E-state index contributed by atoms with van der Waals surface area (Å²) in [5.41, 5.74) is -0.844. The molecular formula is C19H17Cl2F3N2O3S. The van der Waals surface area contributed by atoms with Gasteiger partial charge in [-0.25, -0.2) is 13.1 Å². The summed E-state index contributed by atoms with van der Waals surface area (Å²) >= 11 is 11.9. The molecule has 0 saturated carbocycles. The first-order valence-corrected chi connectivity index (χ1v) is 11.1. The van der Waals surface area contributed by atoms with Gasteiger partial charge in [0.1, 0.15) is 4.90 Å². The van der Waals surface area contributed by atoms with Crippen LogP contribution in [0.25, 0.3) is 0 Å². The van der Waals surface area contributed by atoms with Crippen LogP contribution in [0.15, 0.2) is 47.4 Å². The fourth-order valence-electron chi connectivity index (χ4n) is 3.19. The molecule has 1 atom stereocenters. The SMILES string of the molecule is O=C1CCCN1CC(NS(=O)(=O)c1cc(Cl)ccc1Cl)c1cccc(C(F)(F)F)c1. The molecule has 1 N–H and O–H groups in total. The van der Waals surface area contributed by atoms with Crippen LogP contribution < -0.4 is 4.72 Å². The van der Waals surface area contributed by atoms with Gasteiger partial charge in [0.25, 0.3) is 0 Å². The Hall–Kier alpha value is -1.81. The molecule has 1 aliphatic heterocycles. The summed E-state index contributed by atoms with van der Waals surface area (Å²) in [7, 11) is -4.25. The monoisotopic (exact) mass is 480 g/mol. The minimum Gasteiger partial charge on any atom is -0.341 e. The number of likely N-dealkylation sites (tertiary alicyclic amines) is 1. The maximum Gasteiger partial charge on any atom is 0.416 e. The summed E-state index contributed by atoms with van der Waals surface area (Å²) in [6.07, 6.45) is -3.69. The number of benzene rings is 2. The van der Waals surface area contributed by atoms with E-state index >= 15 is 0 Å². The lowest BCUT2D eigenvalue weighted by molar-refractivity contribution is -0.137. The number of nitrogens with one attached hydrogen (secondary N) is 1. The highest BCUT2D eigenvalue weighted by Gasteiger charge is 2.33. The lowest BCUT2D eigenvalue weighted by Gasteiger charge is -2.26. The zero-order chi connectivity index (χ0) is 22.1. The van der Waals surface area contributed by atoms with Gasteiger partial charge in [-0.05, 0) is 42.3 Å². The third kappa shape index (κ3) is 5.26. The number of carbonyl (C=O) groups is 1. The number of hydrogen-bond acceptors (Lipinski definition) is 3. The van der Waals surface area contributed by atoms with Crippen LogP contribution in [0.4, 0.5) is 13.2 Å². The van der Waals surface area contributed by atoms with E-state index in [9.17, 15) is 26.4 Å². The van der Waals surface area contributed by atoms with Gasteiger partial charge in [0.05, 0.1) is 16.6 Å². The molecule has 0 aliphatic carbocycles. The molecule has 30 heavy (non-hydrogen) atoms. The van der Waals surface area contributed by atoms with E-state index in [1.165, 1.54) is 29.2 Å². The summed E-state index contributed by atoms with van der Waals surface area (Å²) in [5, 5.41) is 0.0389. The van der Waals surface area contributed by atoms with Crippen LogP contribution in [0.1, 0.15) is 30.0 Å². The van der Waals surface area contributed by atoms with Crippen LogP contribution in [0.5, 0.6) is 0 Å². The Labute approximate surface area is 181 Å². The van der Waals surface area contributed by atoms with Crippen molar-refractivity contribution in [2.45, 2.75) is 30.0 Å². The second-order valence-electron chi connectivity index (χ2n) is 6.82. The number of amides is 1. The van der Waals surface area contributed by atoms with E-state index in [-0.39, 0.29) is 33.0 Å². The second-order valence-corrected chi connectivity index (χ2v) is 9.34. The first kappa shape index (κ1) is 22.9. The van der Waals surface area contributed by atoms with Crippen molar-refractivity contribution in [3.8, 4) is 0 Å². The van der Waals surface area contributed by atoms with Gasteiger partial charge in [-0.2, -0.15) is 13.2 Å². The van der Waals surface area contributed by atoms with Gasteiger partial charge in [0.2, 0.25) is 15.9 Å². The van der Waals surface area contributed by atoms with Crippen molar-refractivity contribution in [1.82, 2.24) is 9.62 Å². The van der Waals surface area contributed by atoms with E-state index in [1.807, 2.05) is 0 Å². The van der Waals surface area contributed by atoms with Crippen molar-refractivity contribution >= 4 is 39.1 Å². The summed E-state index contributed by atoms with van der Waals surface area (Å²) in [6, 6.07) is 7.08. The van der Waals surface area contributed by atoms with Crippen LogP contribution in [0.3, 0.4) is 0 Å². The molecule has 0 spiro atoms. The minimum atomic E-state index is -4.60. The molecule has 0 radical (unpaired) electrons. The van der Waals surface area contributed by atoms with Gasteiger partial charge in [-0.15, -0.1) is 0 Å². The number of carbonyl (C=O) groups excluding carboxylic acids is 1. The van der Waals surface area contributed by atoms with Gasteiger partial charge >= 0.3 is 6.18 Å². The Morgan fingerprint density at radius 1 is 1.13 bits per heavy atom. The molecule has 1 saturated heterocycles. The van der Waals surface area contributed by atoms with Crippen LogP contribution in [0, 0.1) is 0 Å². The smallest absolute Gasteiger partial charge is 0.341 e. The average Bonchev–Trinajstić information content (AvgIpc) is 3.07. The van der Waals surface area contributed by atoms with Crippen LogP contribution >= 0.6 is 23.2 Å². The second kappa shape index (κ2) is 8.74. The number of nitrogens with zero attached hydrogens (tertiary/aromatic N) is 1. The van der Waals surface area contributed by atoms with Gasteiger partial charge in [0, 0.05) is 24.5 Å². The summed E-state index contributed by atoms with van der Waals surface area (Å²) < 4.78 is 67.8. The molecule has 162 valence electrons. The Morgan fingerprint density at radius 3 is 2.50 bits per heavy atom. The number of rotatable bonds is 6. The maximum absolute atomic E-state index is 13.2. The van der Waals surface area contributed by atoms with E-state index in [2.05, 4.69) is 4.72 Å². The number of alkyl halides is 3. The highest BCUT2D eigenvalue weighted by molar-refractivity contribution is 7.89. The van der Waals surface area contributed by atoms with Crippen molar-refractivity contribution in [3.05, 3.63) is 63.6 Å². The molecule has 1 heterocycles. The average molecular weight is 481 g/mol. The fraction of sp³-hybridized carbons (Fsp3) is 0.316. The topological polar surface area (TPSA) is 66.5 Å². The zero-order valence-corrected chi connectivity index (χ0v) is 17.7. The standard InChI is InChI=1S/C19H17Cl2F3N2O3S/c20-14-6-7-15(21)17(10-14)30(28,29)25-16(11-26-8-2-5-18(26)27)12-3-1-4-13(9-12)19(22,23)24/h1,3-4,6-7,9-10,16,25H,2,5,8,11H2.